The monoisotopic (exact) mass is 428 g/mol. The number of rotatable bonds is 6. The van der Waals surface area contributed by atoms with Gasteiger partial charge in [0.25, 0.3) is 0 Å². The Morgan fingerprint density at radius 3 is 2.52 bits per heavy atom. The first kappa shape index (κ1) is 22.6. The van der Waals surface area contributed by atoms with E-state index < -0.39 is 29.4 Å². The minimum Gasteiger partial charge on any atom is -0.481 e. The third kappa shape index (κ3) is 4.65. The van der Waals surface area contributed by atoms with Crippen LogP contribution in [0.25, 0.3) is 11.0 Å². The second-order valence-electron chi connectivity index (χ2n) is 8.66. The maximum absolute atomic E-state index is 12.6. The van der Waals surface area contributed by atoms with Crippen LogP contribution in [0.1, 0.15) is 59.6 Å². The third-order valence-electron chi connectivity index (χ3n) is 5.23. The first-order chi connectivity index (χ1) is 14.5. The van der Waals surface area contributed by atoms with E-state index in [4.69, 9.17) is 18.6 Å². The van der Waals surface area contributed by atoms with Crippen LogP contribution in [0.2, 0.25) is 0 Å². The Morgan fingerprint density at radius 2 is 1.87 bits per heavy atom. The van der Waals surface area contributed by atoms with Gasteiger partial charge in [-0.05, 0) is 51.8 Å². The first-order valence-electron chi connectivity index (χ1n) is 10.3. The van der Waals surface area contributed by atoms with Crippen molar-refractivity contribution in [2.75, 3.05) is 0 Å². The van der Waals surface area contributed by atoms with E-state index in [0.717, 1.165) is 0 Å². The molecule has 1 aromatic heterocycles. The molecule has 7 heteroatoms. The zero-order valence-electron chi connectivity index (χ0n) is 18.7. The van der Waals surface area contributed by atoms with Crippen molar-refractivity contribution in [3.63, 3.8) is 0 Å². The van der Waals surface area contributed by atoms with Gasteiger partial charge in [0.05, 0.1) is 5.56 Å². The second-order valence-corrected chi connectivity index (χ2v) is 8.66. The molecule has 1 aliphatic rings. The molecule has 2 aromatic rings. The molecule has 0 N–H and O–H groups in total. The summed E-state index contributed by atoms with van der Waals surface area (Å²) >= 11 is 0. The van der Waals surface area contributed by atoms with E-state index in [1.165, 1.54) is 6.07 Å². The summed E-state index contributed by atoms with van der Waals surface area (Å²) in [6, 6.07) is 6.45. The highest BCUT2D eigenvalue weighted by Crippen LogP contribution is 2.47. The first-order valence-corrected chi connectivity index (χ1v) is 10.3. The minimum atomic E-state index is -1.12. The van der Waals surface area contributed by atoms with Crippen LogP contribution in [0.15, 0.2) is 45.1 Å². The molecule has 2 heterocycles. The van der Waals surface area contributed by atoms with E-state index in [-0.39, 0.29) is 23.9 Å². The van der Waals surface area contributed by atoms with Crippen molar-refractivity contribution in [2.45, 2.75) is 65.8 Å². The molecule has 0 bridgehead atoms. The van der Waals surface area contributed by atoms with E-state index in [9.17, 15) is 14.4 Å². The molecule has 7 nitrogen and oxygen atoms in total. The van der Waals surface area contributed by atoms with Crippen LogP contribution in [0.5, 0.6) is 5.75 Å². The Bertz CT molecular complexity index is 1090. The lowest BCUT2D eigenvalue weighted by Gasteiger charge is -2.34. The van der Waals surface area contributed by atoms with Crippen molar-refractivity contribution < 1.29 is 28.2 Å². The molecule has 1 aromatic carbocycles. The predicted molar refractivity (Wildman–Crippen MR) is 115 cm³/mol. The Kier molecular flexibility index (Phi) is 6.25. The van der Waals surface area contributed by atoms with Gasteiger partial charge in [0.2, 0.25) is 0 Å². The summed E-state index contributed by atoms with van der Waals surface area (Å²) in [5.74, 6) is -0.357. The number of fused-ring (bicyclic) bond motifs is 3. The maximum atomic E-state index is 12.6. The van der Waals surface area contributed by atoms with Gasteiger partial charge in [-0.15, -0.1) is 0 Å². The normalized spacial score (nSPS) is 18.6. The summed E-state index contributed by atoms with van der Waals surface area (Å²) in [5, 5.41) is 0.668. The molecule has 0 spiro atoms. The van der Waals surface area contributed by atoms with Crippen molar-refractivity contribution >= 4 is 22.9 Å². The summed E-state index contributed by atoms with van der Waals surface area (Å²) < 4.78 is 23.1. The second kappa shape index (κ2) is 8.57. The van der Waals surface area contributed by atoms with Gasteiger partial charge in [-0.1, -0.05) is 19.9 Å². The lowest BCUT2D eigenvalue weighted by Crippen LogP contribution is -2.46. The molecule has 0 aliphatic carbocycles. The molecule has 166 valence electrons. The molecule has 2 atom stereocenters. The summed E-state index contributed by atoms with van der Waals surface area (Å²) in [7, 11) is 0. The van der Waals surface area contributed by atoms with E-state index in [1.807, 2.05) is 13.8 Å². The molecule has 31 heavy (non-hydrogen) atoms. The molecule has 0 radical (unpaired) electrons. The molecule has 0 amide bonds. The fourth-order valence-corrected chi connectivity index (χ4v) is 3.54. The van der Waals surface area contributed by atoms with Gasteiger partial charge in [0.15, 0.2) is 12.2 Å². The smallest absolute Gasteiger partial charge is 0.336 e. The molecule has 0 fully saturated rings. The van der Waals surface area contributed by atoms with E-state index in [1.54, 1.807) is 52.0 Å². The Morgan fingerprint density at radius 1 is 1.19 bits per heavy atom. The van der Waals surface area contributed by atoms with Crippen LogP contribution in [-0.2, 0) is 19.1 Å². The lowest BCUT2D eigenvalue weighted by molar-refractivity contribution is -0.176. The summed E-state index contributed by atoms with van der Waals surface area (Å²) in [6.45, 7) is 10.7. The number of esters is 2. The van der Waals surface area contributed by atoms with Gasteiger partial charge in [0, 0.05) is 23.4 Å². The molecule has 0 saturated carbocycles. The molecule has 0 saturated heterocycles. The number of hydrogen-bond acceptors (Lipinski definition) is 7. The number of ether oxygens (including phenoxy) is 3. The lowest BCUT2D eigenvalue weighted by atomic mass is 9.93. The minimum absolute atomic E-state index is 0.133. The van der Waals surface area contributed by atoms with Crippen molar-refractivity contribution in [1.29, 1.82) is 0 Å². The highest BCUT2D eigenvalue weighted by molar-refractivity contribution is 5.89. The molecular weight excluding hydrogens is 400 g/mol. The summed E-state index contributed by atoms with van der Waals surface area (Å²) in [4.78, 5) is 36.9. The van der Waals surface area contributed by atoms with Crippen LogP contribution < -0.4 is 10.4 Å². The van der Waals surface area contributed by atoms with E-state index >= 15 is 0 Å². The number of carbonyl (C=O) groups is 2. The number of allylic oxidation sites excluding steroid dienone is 1. The van der Waals surface area contributed by atoms with Crippen LogP contribution in [0.4, 0.5) is 0 Å². The van der Waals surface area contributed by atoms with Crippen LogP contribution in [0.3, 0.4) is 0 Å². The van der Waals surface area contributed by atoms with Gasteiger partial charge < -0.3 is 18.6 Å². The van der Waals surface area contributed by atoms with Gasteiger partial charge in [-0.3, -0.25) is 4.79 Å². The summed E-state index contributed by atoms with van der Waals surface area (Å²) in [5.41, 5.74) is -0.496. The number of benzene rings is 1. The zero-order valence-corrected chi connectivity index (χ0v) is 18.7. The summed E-state index contributed by atoms with van der Waals surface area (Å²) in [6.07, 6.45) is 0.130. The number of carbonyl (C=O) groups excluding carboxylic acids is 2. The van der Waals surface area contributed by atoms with Crippen molar-refractivity contribution in [3.05, 3.63) is 51.9 Å². The quantitative estimate of drug-likeness (QED) is 0.381. The van der Waals surface area contributed by atoms with Gasteiger partial charge in [-0.2, -0.15) is 0 Å². The van der Waals surface area contributed by atoms with Crippen LogP contribution in [-0.4, -0.2) is 23.6 Å². The Labute approximate surface area is 181 Å². The van der Waals surface area contributed by atoms with E-state index in [0.29, 0.717) is 22.3 Å². The SMILES string of the molecule is CC=C(C)C(=O)O[C@H]1c2c(ccc3ccc(=O)oc23)O[C@@H]1C(C)(C)OC(=O)CC(C)C. The van der Waals surface area contributed by atoms with Gasteiger partial charge in [0.1, 0.15) is 16.9 Å². The molecule has 3 rings (SSSR count). The Balaban J connectivity index is 2.07. The Hall–Kier alpha value is -3.09. The molecular formula is C24H28O7. The standard InChI is InChI=1S/C24H28O7/c1-7-14(4)23(27)30-21-19-16(10-8-15-9-11-17(25)29-20(15)19)28-22(21)24(5,6)31-18(26)12-13(2)3/h7-11,13,21-22H,12H2,1-6H3/t21-,22-/m0/s1. The zero-order chi connectivity index (χ0) is 22.9. The van der Waals surface area contributed by atoms with Crippen LogP contribution in [0, 0.1) is 5.92 Å². The van der Waals surface area contributed by atoms with Crippen LogP contribution >= 0.6 is 0 Å². The predicted octanol–water partition coefficient (Wildman–Crippen LogP) is 4.47. The van der Waals surface area contributed by atoms with Crippen molar-refractivity contribution in [3.8, 4) is 5.75 Å². The maximum Gasteiger partial charge on any atom is 0.336 e. The van der Waals surface area contributed by atoms with Gasteiger partial charge in [-0.25, -0.2) is 9.59 Å². The fourth-order valence-electron chi connectivity index (χ4n) is 3.54. The third-order valence-corrected chi connectivity index (χ3v) is 5.23. The topological polar surface area (TPSA) is 92.0 Å². The fraction of sp³-hybridized carbons (Fsp3) is 0.458. The van der Waals surface area contributed by atoms with Gasteiger partial charge >= 0.3 is 17.6 Å². The average molecular weight is 428 g/mol. The van der Waals surface area contributed by atoms with E-state index in [2.05, 4.69) is 0 Å². The average Bonchev–Trinajstić information content (AvgIpc) is 3.05. The number of hydrogen-bond donors (Lipinski definition) is 0. The van der Waals surface area contributed by atoms with Crippen molar-refractivity contribution in [1.82, 2.24) is 0 Å². The van der Waals surface area contributed by atoms with Crippen molar-refractivity contribution in [2.24, 2.45) is 5.92 Å². The molecule has 1 aliphatic heterocycles. The largest absolute Gasteiger partial charge is 0.481 e. The highest BCUT2D eigenvalue weighted by Gasteiger charge is 2.50. The molecule has 0 unspecified atom stereocenters. The highest BCUT2D eigenvalue weighted by atomic mass is 16.6.